The minimum Gasteiger partial charge on any atom is -0.444 e. The van der Waals surface area contributed by atoms with E-state index in [0.29, 0.717) is 6.54 Å². The van der Waals surface area contributed by atoms with E-state index in [1.54, 1.807) is 27.7 Å². The van der Waals surface area contributed by atoms with E-state index in [1.807, 2.05) is 37.9 Å². The normalized spacial score (nSPS) is 17.9. The first kappa shape index (κ1) is 26.6. The number of hydrogen-bond acceptors (Lipinski definition) is 4. The van der Waals surface area contributed by atoms with Crippen molar-refractivity contribution in [2.45, 2.75) is 84.5 Å². The van der Waals surface area contributed by atoms with Crippen molar-refractivity contribution >= 4 is 28.8 Å². The topological polar surface area (TPSA) is 92.7 Å². The molecule has 3 amide bonds. The number of ether oxygens (including phenoxy) is 1. The molecule has 1 saturated heterocycles. The second-order valence-corrected chi connectivity index (χ2v) is 10.9. The molecular formula is C27H40N4O4. The summed E-state index contributed by atoms with van der Waals surface area (Å²) in [7, 11) is 2.04. The Bertz CT molecular complexity index is 1070. The van der Waals surface area contributed by atoms with E-state index < -0.39 is 29.7 Å². The summed E-state index contributed by atoms with van der Waals surface area (Å²) in [5.41, 5.74) is 1.75. The van der Waals surface area contributed by atoms with Crippen molar-refractivity contribution in [1.29, 1.82) is 0 Å². The Hall–Kier alpha value is -3.03. The van der Waals surface area contributed by atoms with Crippen LogP contribution in [0.5, 0.6) is 0 Å². The molecule has 0 unspecified atom stereocenters. The van der Waals surface area contributed by atoms with Crippen LogP contribution in [-0.4, -0.2) is 57.6 Å². The zero-order chi connectivity index (χ0) is 25.9. The van der Waals surface area contributed by atoms with Crippen LogP contribution >= 0.6 is 0 Å². The molecule has 3 atom stereocenters. The van der Waals surface area contributed by atoms with Crippen LogP contribution in [0.4, 0.5) is 4.79 Å². The lowest BCUT2D eigenvalue weighted by molar-refractivity contribution is -0.138. The molecule has 2 heterocycles. The maximum atomic E-state index is 13.6. The van der Waals surface area contributed by atoms with Gasteiger partial charge in [-0.2, -0.15) is 0 Å². The molecule has 1 aliphatic rings. The molecule has 8 nitrogen and oxygen atoms in total. The summed E-state index contributed by atoms with van der Waals surface area (Å²) in [4.78, 5) is 40.5. The van der Waals surface area contributed by atoms with Gasteiger partial charge in [0.05, 0.1) is 0 Å². The second-order valence-electron chi connectivity index (χ2n) is 10.9. The molecule has 0 aliphatic carbocycles. The number of aromatic nitrogens is 1. The predicted octanol–water partition coefficient (Wildman–Crippen LogP) is 3.77. The summed E-state index contributed by atoms with van der Waals surface area (Å²) < 4.78 is 7.36. The van der Waals surface area contributed by atoms with Crippen molar-refractivity contribution in [2.75, 3.05) is 6.54 Å². The van der Waals surface area contributed by atoms with Crippen LogP contribution in [0.2, 0.25) is 0 Å². The Morgan fingerprint density at radius 2 is 1.80 bits per heavy atom. The molecule has 1 aromatic carbocycles. The second kappa shape index (κ2) is 10.7. The number of fused-ring (bicyclic) bond motifs is 1. The molecule has 2 aromatic rings. The first-order valence-corrected chi connectivity index (χ1v) is 12.5. The monoisotopic (exact) mass is 484 g/mol. The Balaban J connectivity index is 1.68. The number of aryl methyl sites for hydroxylation is 1. The van der Waals surface area contributed by atoms with E-state index in [1.165, 1.54) is 16.5 Å². The molecule has 1 fully saturated rings. The third-order valence-electron chi connectivity index (χ3n) is 6.45. The summed E-state index contributed by atoms with van der Waals surface area (Å²) >= 11 is 0. The van der Waals surface area contributed by atoms with Crippen molar-refractivity contribution < 1.29 is 19.1 Å². The highest BCUT2D eigenvalue weighted by Crippen LogP contribution is 2.28. The SMILES string of the molecule is CC(C)[C@H](NC(=O)[C@H](C)NC(=O)OC(C)(C)C)C(=O)N1CCC[C@H]1Cc1cn(C)c2ccccc12. The summed E-state index contributed by atoms with van der Waals surface area (Å²) in [6.07, 6.45) is 4.14. The lowest BCUT2D eigenvalue weighted by atomic mass is 9.99. The largest absolute Gasteiger partial charge is 0.444 e. The predicted molar refractivity (Wildman–Crippen MR) is 137 cm³/mol. The molecule has 1 aromatic heterocycles. The number of likely N-dealkylation sites (tertiary alicyclic amines) is 1. The minimum atomic E-state index is -0.830. The van der Waals surface area contributed by atoms with E-state index in [4.69, 9.17) is 4.74 Å². The molecule has 0 spiro atoms. The average molecular weight is 485 g/mol. The Labute approximate surface area is 208 Å². The van der Waals surface area contributed by atoms with Crippen molar-refractivity contribution in [1.82, 2.24) is 20.1 Å². The molecule has 0 saturated carbocycles. The molecule has 192 valence electrons. The lowest BCUT2D eigenvalue weighted by Crippen LogP contribution is -2.56. The molecule has 8 heteroatoms. The first-order chi connectivity index (χ1) is 16.4. The fraction of sp³-hybridized carbons (Fsp3) is 0.593. The van der Waals surface area contributed by atoms with Crippen LogP contribution < -0.4 is 10.6 Å². The molecule has 2 N–H and O–H groups in total. The van der Waals surface area contributed by atoms with Gasteiger partial charge >= 0.3 is 6.09 Å². The van der Waals surface area contributed by atoms with E-state index in [-0.39, 0.29) is 17.9 Å². The van der Waals surface area contributed by atoms with Crippen LogP contribution in [0.3, 0.4) is 0 Å². The summed E-state index contributed by atoms with van der Waals surface area (Å²) in [5, 5.41) is 6.64. The molecule has 1 aliphatic heterocycles. The maximum absolute atomic E-state index is 13.6. The van der Waals surface area contributed by atoms with Crippen LogP contribution in [0.25, 0.3) is 10.9 Å². The minimum absolute atomic E-state index is 0.0689. The molecular weight excluding hydrogens is 444 g/mol. The van der Waals surface area contributed by atoms with Gasteiger partial charge in [0.15, 0.2) is 0 Å². The number of nitrogens with one attached hydrogen (secondary N) is 2. The average Bonchev–Trinajstić information content (AvgIpc) is 3.34. The summed E-state index contributed by atoms with van der Waals surface area (Å²) in [5.74, 6) is -0.577. The molecule has 0 radical (unpaired) electrons. The fourth-order valence-corrected chi connectivity index (χ4v) is 4.70. The van der Waals surface area contributed by atoms with Gasteiger partial charge in [0, 0.05) is 36.7 Å². The number of benzene rings is 1. The van der Waals surface area contributed by atoms with E-state index >= 15 is 0 Å². The number of alkyl carbamates (subject to hydrolysis) is 1. The highest BCUT2D eigenvalue weighted by Gasteiger charge is 2.36. The lowest BCUT2D eigenvalue weighted by Gasteiger charge is -2.32. The Morgan fingerprint density at radius 1 is 1.11 bits per heavy atom. The maximum Gasteiger partial charge on any atom is 0.408 e. The van der Waals surface area contributed by atoms with Gasteiger partial charge in [-0.3, -0.25) is 9.59 Å². The van der Waals surface area contributed by atoms with E-state index in [0.717, 1.165) is 19.3 Å². The van der Waals surface area contributed by atoms with Crippen molar-refractivity contribution in [3.8, 4) is 0 Å². The Kier molecular flexibility index (Phi) is 8.13. The van der Waals surface area contributed by atoms with Gasteiger partial charge in [0.2, 0.25) is 11.8 Å². The number of hydrogen-bond donors (Lipinski definition) is 2. The number of nitrogens with zero attached hydrogens (tertiary/aromatic N) is 2. The zero-order valence-corrected chi connectivity index (χ0v) is 22.1. The van der Waals surface area contributed by atoms with Gasteiger partial charge in [-0.15, -0.1) is 0 Å². The fourth-order valence-electron chi connectivity index (χ4n) is 4.70. The molecule has 0 bridgehead atoms. The third-order valence-corrected chi connectivity index (χ3v) is 6.45. The van der Waals surface area contributed by atoms with Crippen molar-refractivity contribution in [3.05, 3.63) is 36.0 Å². The van der Waals surface area contributed by atoms with Crippen LogP contribution in [0.1, 0.15) is 59.9 Å². The number of rotatable bonds is 7. The quantitative estimate of drug-likeness (QED) is 0.626. The van der Waals surface area contributed by atoms with Gasteiger partial charge in [-0.25, -0.2) is 4.79 Å². The molecule has 3 rings (SSSR count). The van der Waals surface area contributed by atoms with Crippen LogP contribution in [0, 0.1) is 5.92 Å². The van der Waals surface area contributed by atoms with Crippen LogP contribution in [0.15, 0.2) is 30.5 Å². The van der Waals surface area contributed by atoms with Crippen LogP contribution in [-0.2, 0) is 27.8 Å². The van der Waals surface area contributed by atoms with Gasteiger partial charge < -0.3 is 24.8 Å². The number of carbonyl (C=O) groups excluding carboxylic acids is 3. The third kappa shape index (κ3) is 6.55. The van der Waals surface area contributed by atoms with Crippen molar-refractivity contribution in [3.63, 3.8) is 0 Å². The first-order valence-electron chi connectivity index (χ1n) is 12.5. The van der Waals surface area contributed by atoms with E-state index in [2.05, 4.69) is 33.5 Å². The summed E-state index contributed by atoms with van der Waals surface area (Å²) in [6, 6.07) is 6.90. The zero-order valence-electron chi connectivity index (χ0n) is 22.1. The summed E-state index contributed by atoms with van der Waals surface area (Å²) in [6.45, 7) is 11.4. The molecule has 35 heavy (non-hydrogen) atoms. The number of carbonyl (C=O) groups is 3. The number of para-hydroxylation sites is 1. The highest BCUT2D eigenvalue weighted by molar-refractivity contribution is 5.91. The van der Waals surface area contributed by atoms with Gasteiger partial charge in [0.25, 0.3) is 0 Å². The van der Waals surface area contributed by atoms with Gasteiger partial charge in [0.1, 0.15) is 17.7 Å². The van der Waals surface area contributed by atoms with Crippen molar-refractivity contribution in [2.24, 2.45) is 13.0 Å². The standard InChI is InChI=1S/C27H40N4O4/c1-17(2)23(29-24(32)18(3)28-26(34)35-27(4,5)6)25(33)31-14-10-11-20(31)15-19-16-30(7)22-13-9-8-12-21(19)22/h8-9,12-13,16-18,20,23H,10-11,14-15H2,1-7H3,(H,28,34)(H,29,32)/t18-,20-,23-/m0/s1. The van der Waals surface area contributed by atoms with Gasteiger partial charge in [-0.05, 0) is 64.5 Å². The number of amides is 3. The van der Waals surface area contributed by atoms with E-state index in [9.17, 15) is 14.4 Å². The smallest absolute Gasteiger partial charge is 0.408 e. The Morgan fingerprint density at radius 3 is 2.46 bits per heavy atom. The van der Waals surface area contributed by atoms with Gasteiger partial charge in [-0.1, -0.05) is 32.0 Å². The highest BCUT2D eigenvalue weighted by atomic mass is 16.6.